The second-order valence-electron chi connectivity index (χ2n) is 6.68. The number of hydrogen-bond acceptors (Lipinski definition) is 4. The van der Waals surface area contributed by atoms with Crippen molar-refractivity contribution in [3.05, 3.63) is 50.8 Å². The van der Waals surface area contributed by atoms with Crippen molar-refractivity contribution < 1.29 is 14.7 Å². The minimum absolute atomic E-state index is 0.0270. The number of ketones is 1. The summed E-state index contributed by atoms with van der Waals surface area (Å²) in [6.07, 6.45) is 2.44. The van der Waals surface area contributed by atoms with Crippen molar-refractivity contribution in [1.29, 1.82) is 0 Å². The zero-order chi connectivity index (χ0) is 18.9. The van der Waals surface area contributed by atoms with E-state index >= 15 is 0 Å². The lowest BCUT2D eigenvalue weighted by Gasteiger charge is -2.28. The quantitative estimate of drug-likeness (QED) is 0.832. The molecule has 0 aliphatic heterocycles. The number of hydrogen-bond donors (Lipinski definition) is 1. The molecule has 1 heterocycles. The molecular weight excluding hydrogens is 316 g/mol. The average Bonchev–Trinajstić information content (AvgIpc) is 2.54. The van der Waals surface area contributed by atoms with Crippen LogP contribution in [0.1, 0.15) is 43.7 Å². The topological polar surface area (TPSA) is 70.5 Å². The number of aliphatic hydroxyl groups is 1. The minimum atomic E-state index is -0.370. The minimum Gasteiger partial charge on any atom is -0.507 e. The number of carbonyl (C=O) groups excluding carboxylic acids is 2. The Balaban J connectivity index is 2.93. The number of aliphatic hydroxyl groups excluding tert-OH is 1. The van der Waals surface area contributed by atoms with Crippen molar-refractivity contribution in [2.45, 2.75) is 34.6 Å². The maximum atomic E-state index is 13.2. The average molecular weight is 340 g/mol. The second-order valence-corrected chi connectivity index (χ2v) is 6.68. The van der Waals surface area contributed by atoms with Crippen LogP contribution in [0.2, 0.25) is 0 Å². The van der Waals surface area contributed by atoms with Gasteiger partial charge < -0.3 is 10.0 Å². The maximum absolute atomic E-state index is 13.2. The molecule has 5 heteroatoms. The number of Topliss-reactive ketones (excluding diaryl/α,β-unsaturated/α-hetero) is 1. The van der Waals surface area contributed by atoms with Gasteiger partial charge in [-0.3, -0.25) is 9.59 Å². The standard InChI is InChI=1S/C20H24N2O3/c1-7-12(4)16-18(22(10-23)9-11(2)3)20(25)17-15(19(16)24)13(5)8-14(6)21-17/h7-8,10-11,24H,6,9H2,1-5H3/b12-7-. The highest BCUT2D eigenvalue weighted by Crippen LogP contribution is 2.29. The fraction of sp³-hybridized carbons (Fsp3) is 0.350. The molecule has 1 amide bonds. The number of carbonyl (C=O) groups is 2. The van der Waals surface area contributed by atoms with Crippen LogP contribution < -0.4 is 10.6 Å². The number of aryl methyl sites for hydroxylation is 1. The summed E-state index contributed by atoms with van der Waals surface area (Å²) in [4.78, 5) is 30.5. The molecule has 0 unspecified atom stereocenters. The first kappa shape index (κ1) is 18.6. The second kappa shape index (κ2) is 7.05. The van der Waals surface area contributed by atoms with E-state index in [2.05, 4.69) is 11.6 Å². The van der Waals surface area contributed by atoms with E-state index in [4.69, 9.17) is 0 Å². The smallest absolute Gasteiger partial charge is 0.229 e. The van der Waals surface area contributed by atoms with Gasteiger partial charge in [-0.2, -0.15) is 0 Å². The Bertz CT molecular complexity index is 908. The van der Waals surface area contributed by atoms with Crippen molar-refractivity contribution in [3.8, 4) is 0 Å². The molecule has 1 N–H and O–H groups in total. The first-order valence-corrected chi connectivity index (χ1v) is 8.27. The van der Waals surface area contributed by atoms with Crippen LogP contribution in [-0.2, 0) is 4.79 Å². The largest absolute Gasteiger partial charge is 0.507 e. The molecule has 0 saturated heterocycles. The fourth-order valence-electron chi connectivity index (χ4n) is 3.04. The van der Waals surface area contributed by atoms with E-state index < -0.39 is 0 Å². The Morgan fingerprint density at radius 2 is 2.08 bits per heavy atom. The van der Waals surface area contributed by atoms with Crippen molar-refractivity contribution in [1.82, 2.24) is 9.88 Å². The molecular formula is C20H24N2O3. The fourth-order valence-corrected chi connectivity index (χ4v) is 3.04. The summed E-state index contributed by atoms with van der Waals surface area (Å²) in [5, 5.41) is 11.8. The molecule has 0 saturated carbocycles. The van der Waals surface area contributed by atoms with E-state index in [9.17, 15) is 14.7 Å². The van der Waals surface area contributed by atoms with Gasteiger partial charge in [-0.1, -0.05) is 26.5 Å². The summed E-state index contributed by atoms with van der Waals surface area (Å²) in [7, 11) is 0. The van der Waals surface area contributed by atoms with Crippen LogP contribution in [0.15, 0.2) is 29.0 Å². The molecule has 132 valence electrons. The molecule has 0 atom stereocenters. The molecule has 0 fully saturated rings. The van der Waals surface area contributed by atoms with Gasteiger partial charge in [0, 0.05) is 17.3 Å². The Labute approximate surface area is 147 Å². The number of aromatic nitrogens is 1. The van der Waals surface area contributed by atoms with Crippen molar-refractivity contribution in [3.63, 3.8) is 0 Å². The Morgan fingerprint density at radius 1 is 1.44 bits per heavy atom. The summed E-state index contributed by atoms with van der Waals surface area (Å²) >= 11 is 0. The van der Waals surface area contributed by atoms with Gasteiger partial charge in [-0.15, -0.1) is 0 Å². The van der Waals surface area contributed by atoms with E-state index in [0.717, 1.165) is 11.1 Å². The zero-order valence-electron chi connectivity index (χ0n) is 15.4. The van der Waals surface area contributed by atoms with Crippen molar-refractivity contribution in [2.75, 3.05) is 6.54 Å². The Hall–Kier alpha value is -2.69. The predicted octanol–water partition coefficient (Wildman–Crippen LogP) is 2.00. The molecule has 0 bridgehead atoms. The first-order valence-electron chi connectivity index (χ1n) is 8.27. The van der Waals surface area contributed by atoms with Crippen LogP contribution in [0.25, 0.3) is 12.3 Å². The van der Waals surface area contributed by atoms with Gasteiger partial charge in [0.2, 0.25) is 12.2 Å². The van der Waals surface area contributed by atoms with Gasteiger partial charge in [0.1, 0.15) is 17.2 Å². The molecule has 5 nitrogen and oxygen atoms in total. The summed E-state index contributed by atoms with van der Waals surface area (Å²) in [5.41, 5.74) is 2.14. The van der Waals surface area contributed by atoms with E-state index in [-0.39, 0.29) is 28.9 Å². The number of allylic oxidation sites excluding steroid dienone is 2. The molecule has 1 aliphatic carbocycles. The van der Waals surface area contributed by atoms with Crippen LogP contribution in [0, 0.1) is 12.8 Å². The summed E-state index contributed by atoms with van der Waals surface area (Å²) in [6.45, 7) is 13.5. The van der Waals surface area contributed by atoms with Gasteiger partial charge in [0.15, 0.2) is 0 Å². The highest BCUT2D eigenvalue weighted by molar-refractivity contribution is 6.13. The molecule has 1 aromatic heterocycles. The normalized spacial score (nSPS) is 14.9. The number of rotatable bonds is 5. The van der Waals surface area contributed by atoms with Crippen LogP contribution >= 0.6 is 0 Å². The number of pyridine rings is 1. The third-order valence-electron chi connectivity index (χ3n) is 4.21. The van der Waals surface area contributed by atoms with E-state index in [1.54, 1.807) is 26.0 Å². The molecule has 0 aromatic carbocycles. The molecule has 2 rings (SSSR count). The third-order valence-corrected chi connectivity index (χ3v) is 4.21. The van der Waals surface area contributed by atoms with Gasteiger partial charge in [0.25, 0.3) is 0 Å². The maximum Gasteiger partial charge on any atom is 0.229 e. The first-order chi connectivity index (χ1) is 11.7. The highest BCUT2D eigenvalue weighted by Gasteiger charge is 2.33. The summed E-state index contributed by atoms with van der Waals surface area (Å²) in [5.74, 6) is -0.235. The lowest BCUT2D eigenvalue weighted by molar-refractivity contribution is -0.116. The van der Waals surface area contributed by atoms with E-state index in [1.807, 2.05) is 20.8 Å². The van der Waals surface area contributed by atoms with Crippen LogP contribution in [0.3, 0.4) is 0 Å². The van der Waals surface area contributed by atoms with Crippen molar-refractivity contribution in [2.24, 2.45) is 5.92 Å². The zero-order valence-corrected chi connectivity index (χ0v) is 15.4. The molecule has 25 heavy (non-hydrogen) atoms. The lowest BCUT2D eigenvalue weighted by atomic mass is 9.90. The highest BCUT2D eigenvalue weighted by atomic mass is 16.3. The van der Waals surface area contributed by atoms with Gasteiger partial charge >= 0.3 is 0 Å². The molecule has 1 aliphatic rings. The van der Waals surface area contributed by atoms with Gasteiger partial charge in [0.05, 0.1) is 5.35 Å². The monoisotopic (exact) mass is 340 g/mol. The number of nitrogens with zero attached hydrogens (tertiary/aromatic N) is 2. The molecule has 1 aromatic rings. The van der Waals surface area contributed by atoms with Gasteiger partial charge in [-0.05, 0) is 43.9 Å². The van der Waals surface area contributed by atoms with E-state index in [0.29, 0.717) is 29.1 Å². The number of fused-ring (bicyclic) bond motifs is 1. The SMILES string of the molecule is C=c1cc(C)c2c(n1)C(=O)C(N(C=O)CC(C)C)=C(/C(C)=C\C)C=2O. The van der Waals surface area contributed by atoms with Crippen molar-refractivity contribution >= 4 is 24.5 Å². The van der Waals surface area contributed by atoms with Crippen LogP contribution in [0.4, 0.5) is 0 Å². The van der Waals surface area contributed by atoms with Crippen LogP contribution in [0.5, 0.6) is 0 Å². The third kappa shape index (κ3) is 3.27. The van der Waals surface area contributed by atoms with E-state index in [1.165, 1.54) is 4.90 Å². The Morgan fingerprint density at radius 3 is 2.60 bits per heavy atom. The lowest BCUT2D eigenvalue weighted by Crippen LogP contribution is -2.39. The van der Waals surface area contributed by atoms with Gasteiger partial charge in [-0.25, -0.2) is 4.98 Å². The summed E-state index contributed by atoms with van der Waals surface area (Å²) in [6, 6.07) is 1.72. The summed E-state index contributed by atoms with van der Waals surface area (Å²) < 4.78 is 0. The number of amides is 1. The predicted molar refractivity (Wildman–Crippen MR) is 98.2 cm³/mol. The Kier molecular flexibility index (Phi) is 5.26. The molecule has 0 radical (unpaired) electrons. The van der Waals surface area contributed by atoms with Crippen LogP contribution in [-0.4, -0.2) is 33.7 Å². The molecule has 0 spiro atoms.